The summed E-state index contributed by atoms with van der Waals surface area (Å²) in [4.78, 5) is 17.8. The number of halogens is 2. The third-order valence-electron chi connectivity index (χ3n) is 3.72. The molecule has 2 unspecified atom stereocenters. The van der Waals surface area contributed by atoms with Gasteiger partial charge in [-0.2, -0.15) is 4.39 Å². The molecule has 2 rings (SSSR count). The van der Waals surface area contributed by atoms with E-state index >= 15 is 0 Å². The van der Waals surface area contributed by atoms with Crippen LogP contribution in [-0.4, -0.2) is 42.0 Å². The molecular weight excluding hydrogens is 337 g/mol. The molecule has 1 aliphatic heterocycles. The van der Waals surface area contributed by atoms with Crippen LogP contribution in [0.1, 0.15) is 34.6 Å². The van der Waals surface area contributed by atoms with Crippen LogP contribution in [0.25, 0.3) is 0 Å². The molecule has 0 aromatic carbocycles. The van der Waals surface area contributed by atoms with Gasteiger partial charge in [0.1, 0.15) is 16.4 Å². The lowest BCUT2D eigenvalue weighted by atomic mass is 10.1. The van der Waals surface area contributed by atoms with Crippen molar-refractivity contribution < 1.29 is 18.7 Å². The summed E-state index contributed by atoms with van der Waals surface area (Å²) in [6, 6.07) is 1.56. The van der Waals surface area contributed by atoms with Crippen LogP contribution >= 0.6 is 11.6 Å². The van der Waals surface area contributed by atoms with E-state index in [2.05, 4.69) is 10.3 Å². The zero-order valence-corrected chi connectivity index (χ0v) is 15.3. The first-order valence-corrected chi connectivity index (χ1v) is 8.20. The van der Waals surface area contributed by atoms with Gasteiger partial charge in [0.25, 0.3) is 0 Å². The highest BCUT2D eigenvalue weighted by atomic mass is 35.5. The second-order valence-corrected chi connectivity index (χ2v) is 7.15. The van der Waals surface area contributed by atoms with Gasteiger partial charge in [-0.3, -0.25) is 5.32 Å². The maximum Gasteiger partial charge on any atom is 0.412 e. The molecule has 0 aliphatic carbocycles. The van der Waals surface area contributed by atoms with E-state index in [1.165, 1.54) is 0 Å². The number of anilines is 2. The average molecular weight is 360 g/mol. The molecule has 0 spiro atoms. The Balaban J connectivity index is 2.26. The second kappa shape index (κ2) is 7.11. The number of aromatic nitrogens is 1. The van der Waals surface area contributed by atoms with Gasteiger partial charge in [-0.15, -0.1) is 0 Å². The largest absolute Gasteiger partial charge is 0.444 e. The molecule has 0 bridgehead atoms. The molecule has 0 saturated carbocycles. The number of carbonyl (C=O) groups excluding carboxylic acids is 1. The van der Waals surface area contributed by atoms with Crippen LogP contribution in [0.4, 0.5) is 20.7 Å². The molecule has 8 heteroatoms. The number of rotatable bonds is 2. The van der Waals surface area contributed by atoms with Gasteiger partial charge in [0.05, 0.1) is 24.4 Å². The van der Waals surface area contributed by atoms with Crippen LogP contribution in [0.15, 0.2) is 6.07 Å². The molecule has 1 saturated heterocycles. The number of nitrogens with zero attached hydrogens (tertiary/aromatic N) is 2. The molecule has 1 aliphatic rings. The van der Waals surface area contributed by atoms with Crippen molar-refractivity contribution in [3.05, 3.63) is 17.0 Å². The monoisotopic (exact) mass is 359 g/mol. The van der Waals surface area contributed by atoms with Crippen molar-refractivity contribution in [2.75, 3.05) is 23.4 Å². The lowest BCUT2D eigenvalue weighted by Gasteiger charge is -2.38. The van der Waals surface area contributed by atoms with Crippen LogP contribution in [0.2, 0.25) is 5.02 Å². The van der Waals surface area contributed by atoms with E-state index in [1.54, 1.807) is 26.8 Å². The summed E-state index contributed by atoms with van der Waals surface area (Å²) in [6.07, 6.45) is -0.717. The maximum atomic E-state index is 14.1. The fourth-order valence-electron chi connectivity index (χ4n) is 2.39. The molecule has 6 nitrogen and oxygen atoms in total. The van der Waals surface area contributed by atoms with Crippen LogP contribution in [0.3, 0.4) is 0 Å². The summed E-state index contributed by atoms with van der Waals surface area (Å²) >= 11 is 5.93. The summed E-state index contributed by atoms with van der Waals surface area (Å²) < 4.78 is 24.9. The summed E-state index contributed by atoms with van der Waals surface area (Å²) in [5.74, 6) is -0.447. The fraction of sp³-hybridized carbons (Fsp3) is 0.625. The standard InChI is InChI=1S/C16H23ClFN3O3/c1-9-10(2)23-7-6-21(9)12-8-11(13(17)14(18)20-12)19-15(22)24-16(3,4)5/h8-10H,6-7H2,1-5H3,(H,19,20,22). The summed E-state index contributed by atoms with van der Waals surface area (Å²) in [7, 11) is 0. The van der Waals surface area contributed by atoms with Crippen molar-refractivity contribution in [2.45, 2.75) is 52.4 Å². The van der Waals surface area contributed by atoms with E-state index in [9.17, 15) is 9.18 Å². The van der Waals surface area contributed by atoms with Gasteiger partial charge < -0.3 is 14.4 Å². The number of morpholine rings is 1. The Morgan fingerprint density at radius 3 is 2.79 bits per heavy atom. The number of ether oxygens (including phenoxy) is 2. The lowest BCUT2D eigenvalue weighted by Crippen LogP contribution is -2.49. The van der Waals surface area contributed by atoms with Crippen LogP contribution in [0, 0.1) is 5.95 Å². The van der Waals surface area contributed by atoms with Crippen LogP contribution < -0.4 is 10.2 Å². The zero-order chi connectivity index (χ0) is 18.1. The first-order chi connectivity index (χ1) is 11.1. The first-order valence-electron chi connectivity index (χ1n) is 7.83. The molecule has 2 heterocycles. The van der Waals surface area contributed by atoms with Gasteiger partial charge in [-0.05, 0) is 34.6 Å². The average Bonchev–Trinajstić information content (AvgIpc) is 2.44. The molecule has 2 atom stereocenters. The Labute approximate surface area is 146 Å². The number of carbonyl (C=O) groups is 1. The van der Waals surface area contributed by atoms with Crippen molar-refractivity contribution in [1.82, 2.24) is 4.98 Å². The third kappa shape index (κ3) is 4.48. The second-order valence-electron chi connectivity index (χ2n) is 6.77. The summed E-state index contributed by atoms with van der Waals surface area (Å²) in [5, 5.41) is 2.23. The zero-order valence-electron chi connectivity index (χ0n) is 14.5. The van der Waals surface area contributed by atoms with Gasteiger partial charge in [-0.25, -0.2) is 9.78 Å². The number of nitrogens with one attached hydrogen (secondary N) is 1. The quantitative estimate of drug-likeness (QED) is 0.813. The van der Waals surface area contributed by atoms with Crippen molar-refractivity contribution >= 4 is 29.2 Å². The minimum atomic E-state index is -0.841. The Morgan fingerprint density at radius 2 is 2.17 bits per heavy atom. The highest BCUT2D eigenvalue weighted by Gasteiger charge is 2.28. The molecule has 1 aromatic rings. The van der Waals surface area contributed by atoms with Crippen molar-refractivity contribution in [2.24, 2.45) is 0 Å². The van der Waals surface area contributed by atoms with Gasteiger partial charge in [0.15, 0.2) is 0 Å². The summed E-state index contributed by atoms with van der Waals surface area (Å²) in [6.45, 7) is 10.2. The molecule has 1 aromatic heterocycles. The van der Waals surface area contributed by atoms with Gasteiger partial charge in [0.2, 0.25) is 5.95 Å². The Morgan fingerprint density at radius 1 is 1.50 bits per heavy atom. The van der Waals surface area contributed by atoms with E-state index < -0.39 is 17.6 Å². The van der Waals surface area contributed by atoms with E-state index in [0.29, 0.717) is 19.0 Å². The Bertz CT molecular complexity index is 621. The van der Waals surface area contributed by atoms with Crippen LogP contribution in [-0.2, 0) is 9.47 Å². The molecular formula is C16H23ClFN3O3. The number of hydrogen-bond donors (Lipinski definition) is 1. The van der Waals surface area contributed by atoms with E-state index in [1.807, 2.05) is 18.7 Å². The molecule has 134 valence electrons. The molecule has 1 N–H and O–H groups in total. The van der Waals surface area contributed by atoms with Crippen molar-refractivity contribution in [3.8, 4) is 0 Å². The Kier molecular flexibility index (Phi) is 5.55. The molecule has 24 heavy (non-hydrogen) atoms. The molecule has 1 amide bonds. The van der Waals surface area contributed by atoms with Crippen molar-refractivity contribution in [3.63, 3.8) is 0 Å². The molecule has 1 fully saturated rings. The number of pyridine rings is 1. The highest BCUT2D eigenvalue weighted by molar-refractivity contribution is 6.33. The minimum absolute atomic E-state index is 0.0124. The van der Waals surface area contributed by atoms with E-state index in [0.717, 1.165) is 0 Å². The predicted molar refractivity (Wildman–Crippen MR) is 91.3 cm³/mol. The first kappa shape index (κ1) is 18.7. The smallest absolute Gasteiger partial charge is 0.412 e. The lowest BCUT2D eigenvalue weighted by molar-refractivity contribution is 0.0280. The molecule has 0 radical (unpaired) electrons. The normalized spacial score (nSPS) is 21.5. The van der Waals surface area contributed by atoms with E-state index in [-0.39, 0.29) is 22.9 Å². The fourth-order valence-corrected chi connectivity index (χ4v) is 2.54. The maximum absolute atomic E-state index is 14.1. The number of hydrogen-bond acceptors (Lipinski definition) is 5. The van der Waals surface area contributed by atoms with Gasteiger partial charge in [0, 0.05) is 12.6 Å². The van der Waals surface area contributed by atoms with Crippen molar-refractivity contribution in [1.29, 1.82) is 0 Å². The predicted octanol–water partition coefficient (Wildman–Crippen LogP) is 3.83. The van der Waals surface area contributed by atoms with Gasteiger partial charge in [-0.1, -0.05) is 11.6 Å². The minimum Gasteiger partial charge on any atom is -0.444 e. The SMILES string of the molecule is CC1OCCN(c2cc(NC(=O)OC(C)(C)C)c(Cl)c(F)n2)C1C. The summed E-state index contributed by atoms with van der Waals surface area (Å²) in [5.41, 5.74) is -0.543. The third-order valence-corrected chi connectivity index (χ3v) is 4.08. The topological polar surface area (TPSA) is 63.7 Å². The van der Waals surface area contributed by atoms with Crippen LogP contribution in [0.5, 0.6) is 0 Å². The Hall–Kier alpha value is -1.60. The number of amides is 1. The van der Waals surface area contributed by atoms with Gasteiger partial charge >= 0.3 is 6.09 Å². The van der Waals surface area contributed by atoms with E-state index in [4.69, 9.17) is 21.1 Å². The highest BCUT2D eigenvalue weighted by Crippen LogP contribution is 2.31.